The minimum atomic E-state index is -2.88. The Balaban J connectivity index is 2.51. The van der Waals surface area contributed by atoms with E-state index in [1.54, 1.807) is 14.0 Å². The first-order valence-electron chi connectivity index (χ1n) is 7.47. The predicted molar refractivity (Wildman–Crippen MR) is 79.0 cm³/mol. The van der Waals surface area contributed by atoms with Gasteiger partial charge < -0.3 is 10.5 Å². The maximum atomic E-state index is 11.5. The van der Waals surface area contributed by atoms with Crippen LogP contribution in [-0.2, 0) is 14.6 Å². The minimum absolute atomic E-state index is 0.0531. The van der Waals surface area contributed by atoms with Crippen molar-refractivity contribution >= 4 is 9.84 Å². The maximum Gasteiger partial charge on any atom is 0.150 e. The average Bonchev–Trinajstić information content (AvgIpc) is 2.64. The summed E-state index contributed by atoms with van der Waals surface area (Å²) in [6.45, 7) is 1.69. The van der Waals surface area contributed by atoms with Crippen molar-refractivity contribution in [1.29, 1.82) is 0 Å². The van der Waals surface area contributed by atoms with Crippen LogP contribution in [0.5, 0.6) is 0 Å². The molecular weight excluding hydrogens is 262 g/mol. The van der Waals surface area contributed by atoms with Crippen LogP contribution in [-0.4, -0.2) is 38.7 Å². The molecule has 1 rings (SSSR count). The largest absolute Gasteiger partial charge is 0.377 e. The van der Waals surface area contributed by atoms with Crippen LogP contribution in [0, 0.1) is 0 Å². The zero-order valence-electron chi connectivity index (χ0n) is 12.4. The summed E-state index contributed by atoms with van der Waals surface area (Å²) in [4.78, 5) is 0. The summed E-state index contributed by atoms with van der Waals surface area (Å²) >= 11 is 0. The van der Waals surface area contributed by atoms with E-state index < -0.39 is 9.84 Å². The smallest absolute Gasteiger partial charge is 0.150 e. The molecule has 1 atom stereocenters. The molecule has 1 unspecified atom stereocenters. The van der Waals surface area contributed by atoms with Crippen LogP contribution in [0.2, 0.25) is 0 Å². The molecule has 1 saturated carbocycles. The predicted octanol–water partition coefficient (Wildman–Crippen LogP) is 2.27. The maximum absolute atomic E-state index is 11.5. The summed E-state index contributed by atoms with van der Waals surface area (Å²) in [5.74, 6) is 0.467. The van der Waals surface area contributed by atoms with Crippen LogP contribution < -0.4 is 5.73 Å². The van der Waals surface area contributed by atoms with Gasteiger partial charge in [0.05, 0.1) is 11.4 Å². The number of nitrogens with two attached hydrogens (primary N) is 1. The van der Waals surface area contributed by atoms with Crippen molar-refractivity contribution in [2.75, 3.05) is 18.6 Å². The first kappa shape index (κ1) is 16.9. The molecule has 0 amide bonds. The fourth-order valence-electron chi connectivity index (χ4n) is 2.98. The molecule has 0 heterocycles. The molecule has 1 fully saturated rings. The normalized spacial score (nSPS) is 21.8. The molecule has 0 bridgehead atoms. The lowest BCUT2D eigenvalue weighted by Gasteiger charge is -2.37. The number of methoxy groups -OCH3 is 1. The van der Waals surface area contributed by atoms with Gasteiger partial charge >= 0.3 is 0 Å². The van der Waals surface area contributed by atoms with Gasteiger partial charge in [-0.2, -0.15) is 0 Å². The topological polar surface area (TPSA) is 69.4 Å². The molecule has 0 radical (unpaired) electrons. The van der Waals surface area contributed by atoms with Crippen molar-refractivity contribution in [3.05, 3.63) is 0 Å². The number of ether oxygens (including phenoxy) is 1. The van der Waals surface area contributed by atoms with Crippen LogP contribution in [0.4, 0.5) is 0 Å². The number of rotatable bonds is 7. The summed E-state index contributed by atoms with van der Waals surface area (Å²) in [6, 6.07) is -0.0531. The molecule has 5 heteroatoms. The standard InChI is InChI=1S/C14H29NO3S/c1-3-19(16,17)12-8-9-13(15)14(18-2)10-6-4-5-7-11-14/h13H,3-12,15H2,1-2H3. The monoisotopic (exact) mass is 291 g/mol. The lowest BCUT2D eigenvalue weighted by Crippen LogP contribution is -2.49. The van der Waals surface area contributed by atoms with Gasteiger partial charge in [-0.1, -0.05) is 32.6 Å². The molecule has 1 aliphatic carbocycles. The Morgan fingerprint density at radius 1 is 1.21 bits per heavy atom. The van der Waals surface area contributed by atoms with Crippen molar-refractivity contribution in [1.82, 2.24) is 0 Å². The molecule has 0 spiro atoms. The lowest BCUT2D eigenvalue weighted by molar-refractivity contribution is -0.0450. The minimum Gasteiger partial charge on any atom is -0.377 e. The molecule has 0 aromatic rings. The first-order valence-corrected chi connectivity index (χ1v) is 9.29. The Kier molecular flexibility index (Phi) is 6.77. The van der Waals surface area contributed by atoms with E-state index in [2.05, 4.69) is 0 Å². The van der Waals surface area contributed by atoms with E-state index in [1.807, 2.05) is 0 Å². The molecule has 2 N–H and O–H groups in total. The van der Waals surface area contributed by atoms with Crippen molar-refractivity contribution < 1.29 is 13.2 Å². The first-order chi connectivity index (χ1) is 8.96. The van der Waals surface area contributed by atoms with Crippen molar-refractivity contribution in [2.24, 2.45) is 5.73 Å². The number of hydrogen-bond acceptors (Lipinski definition) is 4. The van der Waals surface area contributed by atoms with Gasteiger partial charge in [-0.3, -0.25) is 0 Å². The molecule has 0 aliphatic heterocycles. The van der Waals surface area contributed by atoms with Gasteiger partial charge in [-0.05, 0) is 25.7 Å². The van der Waals surface area contributed by atoms with Gasteiger partial charge in [0.15, 0.2) is 0 Å². The second-order valence-electron chi connectivity index (χ2n) is 5.67. The highest BCUT2D eigenvalue weighted by molar-refractivity contribution is 7.91. The molecule has 19 heavy (non-hydrogen) atoms. The summed E-state index contributed by atoms with van der Waals surface area (Å²) in [5, 5.41) is 0. The van der Waals surface area contributed by atoms with E-state index in [4.69, 9.17) is 10.5 Å². The zero-order chi connectivity index (χ0) is 14.4. The third-order valence-corrected chi connectivity index (χ3v) is 6.23. The van der Waals surface area contributed by atoms with E-state index >= 15 is 0 Å². The Labute approximate surface area is 118 Å². The van der Waals surface area contributed by atoms with E-state index in [0.29, 0.717) is 6.42 Å². The Bertz CT molecular complexity index is 346. The van der Waals surface area contributed by atoms with Crippen molar-refractivity contribution in [3.8, 4) is 0 Å². The summed E-state index contributed by atoms with van der Waals surface area (Å²) in [7, 11) is -1.13. The molecule has 4 nitrogen and oxygen atoms in total. The van der Waals surface area contributed by atoms with Crippen LogP contribution in [0.3, 0.4) is 0 Å². The van der Waals surface area contributed by atoms with E-state index in [1.165, 1.54) is 12.8 Å². The number of hydrogen-bond donors (Lipinski definition) is 1. The molecular formula is C14H29NO3S. The van der Waals surface area contributed by atoms with Gasteiger partial charge in [0.2, 0.25) is 0 Å². The summed E-state index contributed by atoms with van der Waals surface area (Å²) < 4.78 is 28.7. The van der Waals surface area contributed by atoms with Gasteiger partial charge in [-0.25, -0.2) is 8.42 Å². The van der Waals surface area contributed by atoms with E-state index in [0.717, 1.165) is 32.1 Å². The second-order valence-corrected chi connectivity index (χ2v) is 8.14. The third kappa shape index (κ3) is 5.04. The molecule has 0 saturated heterocycles. The lowest BCUT2D eigenvalue weighted by atomic mass is 9.84. The highest BCUT2D eigenvalue weighted by Gasteiger charge is 2.36. The molecule has 114 valence electrons. The second kappa shape index (κ2) is 7.60. The summed E-state index contributed by atoms with van der Waals surface area (Å²) in [5.41, 5.74) is 6.08. The van der Waals surface area contributed by atoms with Crippen molar-refractivity contribution in [2.45, 2.75) is 69.9 Å². The Hall–Kier alpha value is -0.130. The van der Waals surface area contributed by atoms with Gasteiger partial charge in [-0.15, -0.1) is 0 Å². The van der Waals surface area contributed by atoms with E-state index in [9.17, 15) is 8.42 Å². The zero-order valence-corrected chi connectivity index (χ0v) is 13.2. The Morgan fingerprint density at radius 2 is 1.79 bits per heavy atom. The highest BCUT2D eigenvalue weighted by atomic mass is 32.2. The van der Waals surface area contributed by atoms with Gasteiger partial charge in [0, 0.05) is 18.9 Å². The SMILES string of the molecule is CCS(=O)(=O)CCCC(N)C1(OC)CCCCCC1. The Morgan fingerprint density at radius 3 is 2.26 bits per heavy atom. The van der Waals surface area contributed by atoms with Crippen molar-refractivity contribution in [3.63, 3.8) is 0 Å². The average molecular weight is 291 g/mol. The third-order valence-electron chi connectivity index (χ3n) is 4.44. The molecule has 1 aliphatic rings. The number of sulfone groups is 1. The van der Waals surface area contributed by atoms with Gasteiger partial charge in [0.25, 0.3) is 0 Å². The van der Waals surface area contributed by atoms with E-state index in [-0.39, 0.29) is 23.1 Å². The molecule has 0 aromatic carbocycles. The van der Waals surface area contributed by atoms with Crippen LogP contribution >= 0.6 is 0 Å². The quantitative estimate of drug-likeness (QED) is 0.731. The van der Waals surface area contributed by atoms with Crippen LogP contribution in [0.25, 0.3) is 0 Å². The summed E-state index contributed by atoms with van der Waals surface area (Å²) in [6.07, 6.45) is 8.21. The fourth-order valence-corrected chi connectivity index (χ4v) is 3.88. The van der Waals surface area contributed by atoms with Gasteiger partial charge in [0.1, 0.15) is 9.84 Å². The highest BCUT2D eigenvalue weighted by Crippen LogP contribution is 2.33. The fraction of sp³-hybridized carbons (Fsp3) is 1.00. The molecule has 0 aromatic heterocycles. The van der Waals surface area contributed by atoms with Crippen LogP contribution in [0.15, 0.2) is 0 Å². The van der Waals surface area contributed by atoms with Crippen LogP contribution in [0.1, 0.15) is 58.3 Å².